The maximum atomic E-state index is 11.1. The Balaban J connectivity index is 2.96. The zero-order valence-corrected chi connectivity index (χ0v) is 10.7. The van der Waals surface area contributed by atoms with Crippen molar-refractivity contribution < 1.29 is 14.3 Å². The zero-order valence-electron chi connectivity index (χ0n) is 10.7. The lowest BCUT2D eigenvalue weighted by Crippen LogP contribution is -2.20. The highest BCUT2D eigenvalue weighted by atomic mass is 16.5. The maximum absolute atomic E-state index is 11.1. The number of hydrogen-bond acceptors (Lipinski definition) is 3. The van der Waals surface area contributed by atoms with E-state index in [0.717, 1.165) is 5.56 Å². The molecule has 17 heavy (non-hydrogen) atoms. The third-order valence-corrected chi connectivity index (χ3v) is 2.42. The molecule has 0 aliphatic heterocycles. The Hall–Kier alpha value is -1.77. The van der Waals surface area contributed by atoms with Crippen LogP contribution in [-0.2, 0) is 4.79 Å². The number of carbonyl (C=O) groups is 1. The van der Waals surface area contributed by atoms with Crippen LogP contribution in [0.1, 0.15) is 26.3 Å². The van der Waals surface area contributed by atoms with Crippen LogP contribution in [0.5, 0.6) is 11.5 Å². The molecule has 3 nitrogen and oxygen atoms in total. The van der Waals surface area contributed by atoms with Crippen LogP contribution in [-0.4, -0.2) is 19.0 Å². The Morgan fingerprint density at radius 1 is 1.35 bits per heavy atom. The van der Waals surface area contributed by atoms with Crippen LogP contribution in [0.3, 0.4) is 0 Å². The number of ether oxygens (including phenoxy) is 2. The van der Waals surface area contributed by atoms with Crippen molar-refractivity contribution in [1.82, 2.24) is 0 Å². The first kappa shape index (κ1) is 13.3. The number of hydrogen-bond donors (Lipinski definition) is 0. The molecule has 0 saturated carbocycles. The normalized spacial score (nSPS) is 12.5. The second kappa shape index (κ2) is 6.09. The van der Waals surface area contributed by atoms with Gasteiger partial charge in [-0.2, -0.15) is 0 Å². The molecule has 0 unspecified atom stereocenters. The Morgan fingerprint density at radius 3 is 2.59 bits per heavy atom. The van der Waals surface area contributed by atoms with Crippen molar-refractivity contribution >= 4 is 11.9 Å². The highest BCUT2D eigenvalue weighted by Gasteiger charge is 2.12. The van der Waals surface area contributed by atoms with Gasteiger partial charge in [-0.25, -0.2) is 0 Å². The number of rotatable bonds is 5. The van der Waals surface area contributed by atoms with Crippen LogP contribution in [0.25, 0.3) is 6.08 Å². The highest BCUT2D eigenvalue weighted by Crippen LogP contribution is 2.29. The summed E-state index contributed by atoms with van der Waals surface area (Å²) in [5.41, 5.74) is 1.03. The summed E-state index contributed by atoms with van der Waals surface area (Å²) in [5.74, 6) is 1.21. The van der Waals surface area contributed by atoms with Gasteiger partial charge >= 0.3 is 0 Å². The summed E-state index contributed by atoms with van der Waals surface area (Å²) in [6.07, 6.45) is 3.46. The minimum absolute atomic E-state index is 0.00964. The third kappa shape index (κ3) is 3.63. The van der Waals surface area contributed by atoms with Gasteiger partial charge in [-0.1, -0.05) is 18.2 Å². The van der Waals surface area contributed by atoms with Crippen molar-refractivity contribution in [3.8, 4) is 11.5 Å². The molecule has 0 amide bonds. The monoisotopic (exact) mass is 234 g/mol. The Morgan fingerprint density at radius 2 is 2.06 bits per heavy atom. The van der Waals surface area contributed by atoms with Gasteiger partial charge in [0.1, 0.15) is 0 Å². The van der Waals surface area contributed by atoms with Crippen molar-refractivity contribution in [3.63, 3.8) is 0 Å². The predicted octanol–water partition coefficient (Wildman–Crippen LogP) is 3.08. The second-order valence-electron chi connectivity index (χ2n) is 3.78. The van der Waals surface area contributed by atoms with Crippen molar-refractivity contribution in [2.75, 3.05) is 7.11 Å². The highest BCUT2D eigenvalue weighted by molar-refractivity contribution is 5.80. The zero-order chi connectivity index (χ0) is 12.8. The van der Waals surface area contributed by atoms with Crippen LogP contribution in [0, 0.1) is 0 Å². The fourth-order valence-electron chi connectivity index (χ4n) is 1.35. The quantitative estimate of drug-likeness (QED) is 0.785. The standard InChI is InChI=1S/C14H18O3/c1-5-6-12-7-8-13(14(9-12)16-4)17-11(3)10(2)15/h5-9,11H,1-4H3/b6-5-/t11-/m0/s1. The number of ketones is 1. The minimum atomic E-state index is -0.462. The van der Waals surface area contributed by atoms with E-state index < -0.39 is 6.10 Å². The van der Waals surface area contributed by atoms with Crippen LogP contribution in [0.2, 0.25) is 0 Å². The van der Waals surface area contributed by atoms with Gasteiger partial charge in [0.15, 0.2) is 23.4 Å². The first-order chi connectivity index (χ1) is 8.08. The SMILES string of the molecule is C/C=C\c1ccc(O[C@@H](C)C(C)=O)c(OC)c1. The van der Waals surface area contributed by atoms with Gasteiger partial charge in [-0.05, 0) is 38.5 Å². The van der Waals surface area contributed by atoms with Crippen molar-refractivity contribution in [2.45, 2.75) is 26.9 Å². The fourth-order valence-corrected chi connectivity index (χ4v) is 1.35. The molecule has 0 bridgehead atoms. The molecule has 1 rings (SSSR count). The lowest BCUT2D eigenvalue weighted by atomic mass is 10.2. The number of benzene rings is 1. The molecule has 0 N–H and O–H groups in total. The van der Waals surface area contributed by atoms with Crippen LogP contribution in [0.4, 0.5) is 0 Å². The molecular formula is C14H18O3. The van der Waals surface area contributed by atoms with Crippen molar-refractivity contribution in [2.24, 2.45) is 0 Å². The molecule has 0 radical (unpaired) electrons. The minimum Gasteiger partial charge on any atom is -0.493 e. The maximum Gasteiger partial charge on any atom is 0.169 e. The van der Waals surface area contributed by atoms with E-state index in [1.54, 1.807) is 14.0 Å². The van der Waals surface area contributed by atoms with Gasteiger partial charge in [0.25, 0.3) is 0 Å². The van der Waals surface area contributed by atoms with E-state index in [1.165, 1.54) is 6.92 Å². The van der Waals surface area contributed by atoms with E-state index in [-0.39, 0.29) is 5.78 Å². The molecule has 0 heterocycles. The molecule has 3 heteroatoms. The molecule has 0 aliphatic rings. The fraction of sp³-hybridized carbons (Fsp3) is 0.357. The largest absolute Gasteiger partial charge is 0.493 e. The number of Topliss-reactive ketones (excluding diaryl/α,β-unsaturated/α-hetero) is 1. The molecule has 0 fully saturated rings. The van der Waals surface area contributed by atoms with E-state index in [0.29, 0.717) is 11.5 Å². The average molecular weight is 234 g/mol. The van der Waals surface area contributed by atoms with Gasteiger partial charge < -0.3 is 9.47 Å². The van der Waals surface area contributed by atoms with Crippen LogP contribution in [0.15, 0.2) is 24.3 Å². The number of allylic oxidation sites excluding steroid dienone is 1. The van der Waals surface area contributed by atoms with E-state index in [2.05, 4.69) is 0 Å². The van der Waals surface area contributed by atoms with Crippen molar-refractivity contribution in [3.05, 3.63) is 29.8 Å². The van der Waals surface area contributed by atoms with Crippen LogP contribution >= 0.6 is 0 Å². The summed E-state index contributed by atoms with van der Waals surface area (Å²) in [6, 6.07) is 5.61. The number of methoxy groups -OCH3 is 1. The molecule has 1 aromatic rings. The predicted molar refractivity (Wildman–Crippen MR) is 68.5 cm³/mol. The van der Waals surface area contributed by atoms with E-state index in [4.69, 9.17) is 9.47 Å². The molecule has 0 spiro atoms. The molecule has 0 aliphatic carbocycles. The summed E-state index contributed by atoms with van der Waals surface area (Å²) in [6.45, 7) is 5.18. The summed E-state index contributed by atoms with van der Waals surface area (Å²) < 4.78 is 10.8. The lowest BCUT2D eigenvalue weighted by molar-refractivity contribution is -0.122. The topological polar surface area (TPSA) is 35.5 Å². The summed E-state index contributed by atoms with van der Waals surface area (Å²) in [4.78, 5) is 11.1. The molecule has 92 valence electrons. The molecular weight excluding hydrogens is 216 g/mol. The Bertz CT molecular complexity index is 421. The van der Waals surface area contributed by atoms with Gasteiger partial charge in [-0.3, -0.25) is 4.79 Å². The molecule has 1 aromatic carbocycles. The van der Waals surface area contributed by atoms with Gasteiger partial charge in [0.2, 0.25) is 0 Å². The average Bonchev–Trinajstić information content (AvgIpc) is 2.31. The lowest BCUT2D eigenvalue weighted by Gasteiger charge is -2.15. The van der Waals surface area contributed by atoms with Gasteiger partial charge in [0.05, 0.1) is 7.11 Å². The third-order valence-electron chi connectivity index (χ3n) is 2.42. The summed E-state index contributed by atoms with van der Waals surface area (Å²) in [7, 11) is 1.58. The van der Waals surface area contributed by atoms with Crippen molar-refractivity contribution in [1.29, 1.82) is 0 Å². The van der Waals surface area contributed by atoms with E-state index in [1.807, 2.05) is 37.3 Å². The Labute approximate surface area is 102 Å². The Kier molecular flexibility index (Phi) is 4.76. The summed E-state index contributed by atoms with van der Waals surface area (Å²) >= 11 is 0. The van der Waals surface area contributed by atoms with E-state index in [9.17, 15) is 4.79 Å². The second-order valence-corrected chi connectivity index (χ2v) is 3.78. The van der Waals surface area contributed by atoms with Crippen LogP contribution < -0.4 is 9.47 Å². The van der Waals surface area contributed by atoms with E-state index >= 15 is 0 Å². The molecule has 0 aromatic heterocycles. The first-order valence-electron chi connectivity index (χ1n) is 5.56. The smallest absolute Gasteiger partial charge is 0.169 e. The first-order valence-corrected chi connectivity index (χ1v) is 5.56. The number of carbonyl (C=O) groups excluding carboxylic acids is 1. The van der Waals surface area contributed by atoms with Gasteiger partial charge in [-0.15, -0.1) is 0 Å². The van der Waals surface area contributed by atoms with Gasteiger partial charge in [0, 0.05) is 0 Å². The molecule has 0 saturated heterocycles. The molecule has 1 atom stereocenters. The summed E-state index contributed by atoms with van der Waals surface area (Å²) in [5, 5.41) is 0.